The number of halogens is 2. The lowest BCUT2D eigenvalue weighted by atomic mass is 10.0. The van der Waals surface area contributed by atoms with E-state index in [9.17, 15) is 4.39 Å². The zero-order chi connectivity index (χ0) is 16.0. The smallest absolute Gasteiger partial charge is 0.205 e. The van der Waals surface area contributed by atoms with Gasteiger partial charge in [0.05, 0.1) is 5.56 Å². The molecule has 0 amide bonds. The molecule has 0 bridgehead atoms. The van der Waals surface area contributed by atoms with Crippen LogP contribution in [0.4, 0.5) is 4.39 Å². The van der Waals surface area contributed by atoms with Gasteiger partial charge in [-0.3, -0.25) is 0 Å². The Balaban J connectivity index is 1.81. The number of ether oxygens (including phenoxy) is 1. The van der Waals surface area contributed by atoms with E-state index in [1.54, 1.807) is 12.1 Å². The first kappa shape index (κ1) is 14.5. The normalized spacial score (nSPS) is 12.3. The molecule has 1 aliphatic heterocycles. The molecule has 0 radical (unpaired) electrons. The average molecular weight is 389 g/mol. The van der Waals surface area contributed by atoms with Gasteiger partial charge in [-0.1, -0.05) is 28.1 Å². The third kappa shape index (κ3) is 2.68. The first-order valence-electron chi connectivity index (χ1n) is 6.95. The summed E-state index contributed by atoms with van der Waals surface area (Å²) >= 11 is 8.88. The lowest BCUT2D eigenvalue weighted by Crippen LogP contribution is -2.07. The molecule has 0 aliphatic carbocycles. The highest BCUT2D eigenvalue weighted by Gasteiger charge is 2.20. The Kier molecular flexibility index (Phi) is 3.50. The van der Waals surface area contributed by atoms with E-state index in [1.807, 2.05) is 18.2 Å². The van der Waals surface area contributed by atoms with Crippen molar-refractivity contribution in [1.29, 1.82) is 0 Å². The zero-order valence-corrected chi connectivity index (χ0v) is 14.2. The second-order valence-electron chi connectivity index (χ2n) is 5.24. The number of benzene rings is 2. The Hall–Kier alpha value is -2.05. The molecule has 6 heteroatoms. The number of nitrogens with zero attached hydrogens (tertiary/aromatic N) is 1. The van der Waals surface area contributed by atoms with Crippen LogP contribution in [-0.2, 0) is 6.42 Å². The summed E-state index contributed by atoms with van der Waals surface area (Å²) in [5.74, 6) is 1.66. The van der Waals surface area contributed by atoms with Crippen molar-refractivity contribution < 1.29 is 9.13 Å². The van der Waals surface area contributed by atoms with Gasteiger partial charge in [-0.2, -0.15) is 0 Å². The molecule has 0 fully saturated rings. The van der Waals surface area contributed by atoms with Gasteiger partial charge in [0.2, 0.25) is 5.88 Å². The van der Waals surface area contributed by atoms with Crippen molar-refractivity contribution in [3.05, 3.63) is 68.5 Å². The standard InChI is InChI=1S/C17H10BrFN2OS/c18-11-3-6-14-10(7-11)8-13-16(22-14)20-15(21-17(13)23)9-1-4-12(19)5-2-9/h1-7H,8H2,(H,20,21,23). The van der Waals surface area contributed by atoms with E-state index >= 15 is 0 Å². The predicted octanol–water partition coefficient (Wildman–Crippen LogP) is 5.40. The van der Waals surface area contributed by atoms with E-state index in [2.05, 4.69) is 25.9 Å². The van der Waals surface area contributed by atoms with Gasteiger partial charge in [-0.15, -0.1) is 0 Å². The van der Waals surface area contributed by atoms with E-state index < -0.39 is 0 Å². The molecule has 2 heterocycles. The lowest BCUT2D eigenvalue weighted by Gasteiger charge is -2.20. The van der Waals surface area contributed by atoms with Crippen LogP contribution >= 0.6 is 28.1 Å². The fourth-order valence-electron chi connectivity index (χ4n) is 2.55. The first-order chi connectivity index (χ1) is 11.1. The van der Waals surface area contributed by atoms with Crippen LogP contribution in [0.25, 0.3) is 11.4 Å². The number of aromatic amines is 1. The van der Waals surface area contributed by atoms with Gasteiger partial charge in [-0.05, 0) is 42.5 Å². The van der Waals surface area contributed by atoms with E-state index in [4.69, 9.17) is 17.0 Å². The highest BCUT2D eigenvalue weighted by Crippen LogP contribution is 2.37. The number of hydrogen-bond donors (Lipinski definition) is 1. The highest BCUT2D eigenvalue weighted by atomic mass is 79.9. The lowest BCUT2D eigenvalue weighted by molar-refractivity contribution is 0.439. The van der Waals surface area contributed by atoms with Gasteiger partial charge < -0.3 is 9.72 Å². The molecule has 0 unspecified atom stereocenters. The summed E-state index contributed by atoms with van der Waals surface area (Å²) in [6.07, 6.45) is 0.663. The topological polar surface area (TPSA) is 37.9 Å². The average Bonchev–Trinajstić information content (AvgIpc) is 2.54. The quantitative estimate of drug-likeness (QED) is 0.443. The molecule has 1 N–H and O–H groups in total. The SMILES string of the molecule is Fc1ccc(-c2nc(=S)c3c([nH]2)Oc2ccc(Br)cc2C3)cc1. The van der Waals surface area contributed by atoms with E-state index in [-0.39, 0.29) is 5.82 Å². The molecule has 1 aromatic heterocycles. The monoisotopic (exact) mass is 388 g/mol. The summed E-state index contributed by atoms with van der Waals surface area (Å²) in [5, 5.41) is 0. The number of aromatic nitrogens is 2. The minimum Gasteiger partial charge on any atom is -0.440 e. The Bertz CT molecular complexity index is 969. The molecular formula is C17H10BrFN2OS. The molecule has 114 valence electrons. The molecule has 0 saturated heterocycles. The third-order valence-corrected chi connectivity index (χ3v) is 4.53. The summed E-state index contributed by atoms with van der Waals surface area (Å²) in [4.78, 5) is 7.59. The number of rotatable bonds is 1. The molecule has 1 aliphatic rings. The Morgan fingerprint density at radius 3 is 2.74 bits per heavy atom. The number of nitrogens with one attached hydrogen (secondary N) is 1. The van der Waals surface area contributed by atoms with Gasteiger partial charge in [0.25, 0.3) is 0 Å². The summed E-state index contributed by atoms with van der Waals surface area (Å²) in [5.41, 5.74) is 2.67. The summed E-state index contributed by atoms with van der Waals surface area (Å²) in [6, 6.07) is 12.0. The highest BCUT2D eigenvalue weighted by molar-refractivity contribution is 9.10. The number of fused-ring (bicyclic) bond motifs is 2. The van der Waals surface area contributed by atoms with Crippen LogP contribution in [0.5, 0.6) is 11.6 Å². The van der Waals surface area contributed by atoms with Crippen LogP contribution in [0, 0.1) is 10.5 Å². The van der Waals surface area contributed by atoms with Gasteiger partial charge >= 0.3 is 0 Å². The second-order valence-corrected chi connectivity index (χ2v) is 6.54. The van der Waals surface area contributed by atoms with Crippen LogP contribution in [-0.4, -0.2) is 9.97 Å². The summed E-state index contributed by atoms with van der Waals surface area (Å²) in [6.45, 7) is 0. The molecule has 4 rings (SSSR count). The Morgan fingerprint density at radius 2 is 1.96 bits per heavy atom. The minimum atomic E-state index is -0.291. The Labute approximate surface area is 145 Å². The zero-order valence-electron chi connectivity index (χ0n) is 11.8. The van der Waals surface area contributed by atoms with Crippen molar-refractivity contribution >= 4 is 28.1 Å². The van der Waals surface area contributed by atoms with Gasteiger partial charge in [-0.25, -0.2) is 9.37 Å². The maximum atomic E-state index is 13.1. The van der Waals surface area contributed by atoms with Crippen molar-refractivity contribution in [2.45, 2.75) is 6.42 Å². The number of H-pyrrole nitrogens is 1. The predicted molar refractivity (Wildman–Crippen MR) is 91.8 cm³/mol. The van der Waals surface area contributed by atoms with Crippen LogP contribution in [0.3, 0.4) is 0 Å². The van der Waals surface area contributed by atoms with Gasteiger partial charge in [0.15, 0.2) is 0 Å². The fraction of sp³-hybridized carbons (Fsp3) is 0.0588. The molecular weight excluding hydrogens is 379 g/mol. The number of hydrogen-bond acceptors (Lipinski definition) is 3. The summed E-state index contributed by atoms with van der Waals surface area (Å²) in [7, 11) is 0. The molecule has 0 saturated carbocycles. The van der Waals surface area contributed by atoms with E-state index in [0.717, 1.165) is 26.9 Å². The maximum Gasteiger partial charge on any atom is 0.205 e. The largest absolute Gasteiger partial charge is 0.440 e. The molecule has 0 spiro atoms. The van der Waals surface area contributed by atoms with Crippen molar-refractivity contribution in [3.63, 3.8) is 0 Å². The van der Waals surface area contributed by atoms with Crippen LogP contribution in [0.1, 0.15) is 11.1 Å². The van der Waals surface area contributed by atoms with E-state index in [1.165, 1.54) is 12.1 Å². The first-order valence-corrected chi connectivity index (χ1v) is 8.16. The molecule has 3 aromatic rings. The summed E-state index contributed by atoms with van der Waals surface area (Å²) < 4.78 is 20.5. The van der Waals surface area contributed by atoms with Crippen molar-refractivity contribution in [3.8, 4) is 23.0 Å². The Morgan fingerprint density at radius 1 is 1.17 bits per heavy atom. The van der Waals surface area contributed by atoms with Crippen LogP contribution in [0.2, 0.25) is 0 Å². The van der Waals surface area contributed by atoms with Crippen molar-refractivity contribution in [2.24, 2.45) is 0 Å². The maximum absolute atomic E-state index is 13.1. The molecule has 0 atom stereocenters. The van der Waals surface area contributed by atoms with Crippen LogP contribution < -0.4 is 4.74 Å². The van der Waals surface area contributed by atoms with Gasteiger partial charge in [0, 0.05) is 22.0 Å². The van der Waals surface area contributed by atoms with Crippen molar-refractivity contribution in [2.75, 3.05) is 0 Å². The molecule has 23 heavy (non-hydrogen) atoms. The second kappa shape index (κ2) is 5.54. The molecule has 3 nitrogen and oxygen atoms in total. The third-order valence-electron chi connectivity index (χ3n) is 3.70. The minimum absolute atomic E-state index is 0.291. The fourth-order valence-corrected chi connectivity index (χ4v) is 3.22. The van der Waals surface area contributed by atoms with Crippen LogP contribution in [0.15, 0.2) is 46.9 Å². The van der Waals surface area contributed by atoms with E-state index in [0.29, 0.717) is 22.8 Å². The van der Waals surface area contributed by atoms with Crippen molar-refractivity contribution in [1.82, 2.24) is 9.97 Å². The molecule has 2 aromatic carbocycles. The van der Waals surface area contributed by atoms with Gasteiger partial charge in [0.1, 0.15) is 22.0 Å².